The van der Waals surface area contributed by atoms with Gasteiger partial charge in [-0.25, -0.2) is 9.48 Å². The first-order valence-corrected chi connectivity index (χ1v) is 13.4. The van der Waals surface area contributed by atoms with Gasteiger partial charge in [0.2, 0.25) is 11.7 Å². The van der Waals surface area contributed by atoms with Gasteiger partial charge in [0.15, 0.2) is 0 Å². The molecule has 1 saturated heterocycles. The molecule has 0 atom stereocenters. The summed E-state index contributed by atoms with van der Waals surface area (Å²) in [7, 11) is 2.12. The summed E-state index contributed by atoms with van der Waals surface area (Å²) in [5.41, 5.74) is 3.43. The van der Waals surface area contributed by atoms with Crippen molar-refractivity contribution in [2.45, 2.75) is 19.9 Å². The topological polar surface area (TPSA) is 121 Å². The molecule has 0 saturated carbocycles. The number of benzene rings is 2. The zero-order valence-corrected chi connectivity index (χ0v) is 25.2. The summed E-state index contributed by atoms with van der Waals surface area (Å²) in [6, 6.07) is 18.0. The molecule has 1 aliphatic rings. The highest BCUT2D eigenvalue weighted by atomic mass is 35.5. The van der Waals surface area contributed by atoms with Gasteiger partial charge >= 0.3 is 6.09 Å². The molecule has 2 aromatic carbocycles. The van der Waals surface area contributed by atoms with E-state index >= 15 is 0 Å². The first kappa shape index (κ1) is 32.7. The Labute approximate surface area is 256 Å². The molecule has 1 aliphatic heterocycles. The second kappa shape index (κ2) is 14.9. The van der Waals surface area contributed by atoms with E-state index in [1.807, 2.05) is 42.5 Å². The van der Waals surface area contributed by atoms with Gasteiger partial charge < -0.3 is 19.4 Å². The minimum atomic E-state index is -0.993. The lowest BCUT2D eigenvalue weighted by atomic mass is 10.1. The van der Waals surface area contributed by atoms with Gasteiger partial charge in [0.25, 0.3) is 5.56 Å². The number of carboxylic acid groups (broad SMARTS) is 1. The lowest BCUT2D eigenvalue weighted by Crippen LogP contribution is -2.45. The van der Waals surface area contributed by atoms with E-state index in [0.29, 0.717) is 29.6 Å². The lowest BCUT2D eigenvalue weighted by Gasteiger charge is -2.32. The van der Waals surface area contributed by atoms with E-state index in [4.69, 9.17) is 4.52 Å². The van der Waals surface area contributed by atoms with Crippen LogP contribution in [0.25, 0.3) is 22.6 Å². The molecule has 1 amide bonds. The summed E-state index contributed by atoms with van der Waals surface area (Å²) in [4.78, 5) is 35.0. The Bertz CT molecular complexity index is 1520. The molecule has 0 bridgehead atoms. The van der Waals surface area contributed by atoms with Crippen molar-refractivity contribution in [1.29, 1.82) is 0 Å². The largest absolute Gasteiger partial charge is 0.465 e. The van der Waals surface area contributed by atoms with Crippen molar-refractivity contribution in [2.24, 2.45) is 0 Å². The van der Waals surface area contributed by atoms with Gasteiger partial charge in [-0.15, -0.1) is 24.8 Å². The molecule has 13 heteroatoms. The fraction of sp³-hybridized carbons (Fsp3) is 0.345. The fourth-order valence-corrected chi connectivity index (χ4v) is 4.78. The van der Waals surface area contributed by atoms with Gasteiger partial charge in [-0.05, 0) is 43.8 Å². The number of aryl methyl sites for hydroxylation is 1. The molecule has 3 heterocycles. The molecule has 0 radical (unpaired) electrons. The van der Waals surface area contributed by atoms with Crippen LogP contribution in [0.1, 0.15) is 17.9 Å². The first-order valence-electron chi connectivity index (χ1n) is 13.4. The highest BCUT2D eigenvalue weighted by Gasteiger charge is 2.18. The Hall–Kier alpha value is -3.77. The number of amides is 1. The summed E-state index contributed by atoms with van der Waals surface area (Å²) in [6.07, 6.45) is -0.249. The predicted octanol–water partition coefficient (Wildman–Crippen LogP) is 4.28. The molecular weight excluding hydrogens is 581 g/mol. The molecule has 11 nitrogen and oxygen atoms in total. The summed E-state index contributed by atoms with van der Waals surface area (Å²) in [5, 5.41) is 18.4. The SMILES string of the molecule is Cc1nc(-c2ccc(-c3ccc(=O)n(Cc4cccc(N(CCCN5CCN(C)CC5)C(=O)O)c4)n3)cc2)no1.Cl.Cl. The van der Waals surface area contributed by atoms with E-state index in [1.165, 1.54) is 15.6 Å². The summed E-state index contributed by atoms with van der Waals surface area (Å²) in [6.45, 7) is 7.29. The van der Waals surface area contributed by atoms with Crippen molar-refractivity contribution in [2.75, 3.05) is 51.2 Å². The van der Waals surface area contributed by atoms with E-state index in [9.17, 15) is 14.7 Å². The normalized spacial score (nSPS) is 13.7. The average Bonchev–Trinajstić information content (AvgIpc) is 3.39. The zero-order chi connectivity index (χ0) is 28.1. The Kier molecular flexibility index (Phi) is 11.6. The smallest absolute Gasteiger partial charge is 0.411 e. The number of likely N-dealkylation sites (N-methyl/N-ethyl adjacent to an activating group) is 1. The highest BCUT2D eigenvalue weighted by Crippen LogP contribution is 2.22. The predicted molar refractivity (Wildman–Crippen MR) is 166 cm³/mol. The molecule has 0 unspecified atom stereocenters. The third-order valence-corrected chi connectivity index (χ3v) is 7.07. The van der Waals surface area contributed by atoms with E-state index in [2.05, 4.69) is 32.1 Å². The van der Waals surface area contributed by atoms with E-state index in [0.717, 1.165) is 55.8 Å². The van der Waals surface area contributed by atoms with Crippen molar-refractivity contribution in [1.82, 2.24) is 29.7 Å². The molecule has 4 aromatic rings. The number of piperazine rings is 1. The van der Waals surface area contributed by atoms with Crippen LogP contribution in [0.5, 0.6) is 0 Å². The Balaban J connectivity index is 0.00000242. The van der Waals surface area contributed by atoms with E-state index in [1.54, 1.807) is 19.1 Å². The van der Waals surface area contributed by atoms with Gasteiger partial charge in [-0.1, -0.05) is 41.6 Å². The second-order valence-electron chi connectivity index (χ2n) is 10.0. The maximum Gasteiger partial charge on any atom is 0.411 e. The summed E-state index contributed by atoms with van der Waals surface area (Å²) < 4.78 is 6.44. The van der Waals surface area contributed by atoms with Gasteiger partial charge in [-0.2, -0.15) is 10.1 Å². The van der Waals surface area contributed by atoms with Crippen LogP contribution >= 0.6 is 24.8 Å². The third-order valence-electron chi connectivity index (χ3n) is 7.07. The summed E-state index contributed by atoms with van der Waals surface area (Å²) in [5.74, 6) is 1.01. The molecule has 5 rings (SSSR count). The van der Waals surface area contributed by atoms with Crippen molar-refractivity contribution in [3.05, 3.63) is 82.5 Å². The minimum absolute atomic E-state index is 0. The van der Waals surface area contributed by atoms with Crippen molar-refractivity contribution in [3.8, 4) is 22.6 Å². The number of aromatic nitrogens is 4. The molecule has 42 heavy (non-hydrogen) atoms. The molecule has 1 N–H and O–H groups in total. The Morgan fingerprint density at radius 2 is 1.71 bits per heavy atom. The first-order chi connectivity index (χ1) is 19.4. The van der Waals surface area contributed by atoms with Crippen molar-refractivity contribution >= 4 is 36.6 Å². The highest BCUT2D eigenvalue weighted by molar-refractivity contribution is 5.86. The van der Waals surface area contributed by atoms with E-state index in [-0.39, 0.29) is 36.9 Å². The van der Waals surface area contributed by atoms with Crippen LogP contribution in [-0.2, 0) is 6.54 Å². The molecular formula is C29H35Cl2N7O4. The van der Waals surface area contributed by atoms with Gasteiger partial charge in [0.1, 0.15) is 0 Å². The molecule has 0 aliphatic carbocycles. The standard InChI is InChI=1S/C29H33N7O4.2ClH/c1-21-30-28(32-40-21)24-9-7-23(8-10-24)26-11-12-27(37)36(31-26)20-22-5-3-6-25(19-22)35(29(38)39)14-4-13-34-17-15-33(2)16-18-34;;/h3,5-12,19H,4,13-18,20H2,1-2H3,(H,38,39);2*1H. The molecule has 0 spiro atoms. The number of carbonyl (C=O) groups is 1. The second-order valence-corrected chi connectivity index (χ2v) is 10.0. The lowest BCUT2D eigenvalue weighted by molar-refractivity contribution is 0.153. The van der Waals surface area contributed by atoms with Gasteiger partial charge in [-0.3, -0.25) is 9.69 Å². The Morgan fingerprint density at radius 3 is 2.38 bits per heavy atom. The maximum atomic E-state index is 12.6. The van der Waals surface area contributed by atoms with Gasteiger partial charge in [0.05, 0.1) is 12.2 Å². The summed E-state index contributed by atoms with van der Waals surface area (Å²) >= 11 is 0. The minimum Gasteiger partial charge on any atom is -0.465 e. The fourth-order valence-electron chi connectivity index (χ4n) is 4.78. The number of hydrogen-bond acceptors (Lipinski definition) is 8. The molecule has 224 valence electrons. The third kappa shape index (κ3) is 8.16. The number of hydrogen-bond donors (Lipinski definition) is 1. The van der Waals surface area contributed by atoms with Crippen LogP contribution in [0.15, 0.2) is 70.0 Å². The van der Waals surface area contributed by atoms with E-state index < -0.39 is 6.09 Å². The monoisotopic (exact) mass is 615 g/mol. The van der Waals surface area contributed by atoms with Crippen molar-refractivity contribution < 1.29 is 14.4 Å². The zero-order valence-electron chi connectivity index (χ0n) is 23.5. The van der Waals surface area contributed by atoms with Gasteiger partial charge in [0, 0.05) is 62.5 Å². The van der Waals surface area contributed by atoms with Crippen LogP contribution < -0.4 is 10.5 Å². The maximum absolute atomic E-state index is 12.6. The molecule has 1 fully saturated rings. The van der Waals surface area contributed by atoms with Crippen LogP contribution in [0.4, 0.5) is 10.5 Å². The van der Waals surface area contributed by atoms with Crippen LogP contribution in [-0.4, -0.2) is 87.2 Å². The molecule has 2 aromatic heterocycles. The number of halogens is 2. The quantitative estimate of drug-likeness (QED) is 0.294. The number of rotatable bonds is 9. The van der Waals surface area contributed by atoms with Crippen LogP contribution in [0, 0.1) is 6.92 Å². The average molecular weight is 617 g/mol. The van der Waals surface area contributed by atoms with Crippen molar-refractivity contribution in [3.63, 3.8) is 0 Å². The Morgan fingerprint density at radius 1 is 1.00 bits per heavy atom. The van der Waals surface area contributed by atoms with Crippen LogP contribution in [0.2, 0.25) is 0 Å². The number of nitrogens with zero attached hydrogens (tertiary/aromatic N) is 7. The van der Waals surface area contributed by atoms with Crippen LogP contribution in [0.3, 0.4) is 0 Å². The number of anilines is 1.